The highest BCUT2D eigenvalue weighted by atomic mass is 32.2. The number of carbonyl (C=O) groups excluding carboxylic acids is 4. The lowest BCUT2D eigenvalue weighted by molar-refractivity contribution is -0.267. The van der Waals surface area contributed by atoms with Crippen molar-refractivity contribution in [3.63, 3.8) is 0 Å². The van der Waals surface area contributed by atoms with E-state index in [0.717, 1.165) is 39.5 Å². The summed E-state index contributed by atoms with van der Waals surface area (Å²) in [5.41, 5.74) is 5.40. The molecule has 0 unspecified atom stereocenters. The van der Waals surface area contributed by atoms with Gasteiger partial charge in [-0.2, -0.15) is 0 Å². The molecule has 16 heteroatoms. The maximum absolute atomic E-state index is 12.5. The minimum absolute atomic E-state index is 0.0125. The van der Waals surface area contributed by atoms with Gasteiger partial charge < -0.3 is 29.4 Å². The number of hydrogen-bond acceptors (Lipinski definition) is 14. The van der Waals surface area contributed by atoms with E-state index in [2.05, 4.69) is 15.0 Å². The molecule has 2 aromatic heterocycles. The average molecular weight is 528 g/mol. The third-order valence-corrected chi connectivity index (χ3v) is 5.55. The fourth-order valence-corrected chi connectivity index (χ4v) is 4.11. The Bertz CT molecular complexity index is 1240. The molecule has 5 atom stereocenters. The predicted molar refractivity (Wildman–Crippen MR) is 122 cm³/mol. The third kappa shape index (κ3) is 5.76. The van der Waals surface area contributed by atoms with Crippen LogP contribution in [0.25, 0.3) is 11.2 Å². The van der Waals surface area contributed by atoms with E-state index in [1.807, 2.05) is 0 Å². The molecule has 15 nitrogen and oxygen atoms in total. The molecule has 36 heavy (non-hydrogen) atoms. The molecule has 0 spiro atoms. The maximum Gasteiger partial charge on any atom is 0.303 e. The molecule has 196 valence electrons. The number of rotatable bonds is 7. The van der Waals surface area contributed by atoms with Gasteiger partial charge in [-0.15, -0.1) is 0 Å². The zero-order valence-electron chi connectivity index (χ0n) is 20.0. The van der Waals surface area contributed by atoms with Crippen LogP contribution in [0, 0.1) is 0 Å². The lowest BCUT2D eigenvalue weighted by Gasteiger charge is -2.44. The fourth-order valence-electron chi connectivity index (χ4n) is 3.74. The van der Waals surface area contributed by atoms with Gasteiger partial charge >= 0.3 is 23.9 Å². The van der Waals surface area contributed by atoms with E-state index in [4.69, 9.17) is 29.4 Å². The van der Waals surface area contributed by atoms with Crippen molar-refractivity contribution in [1.82, 2.24) is 19.5 Å². The number of ether oxygens (including phenoxy) is 5. The van der Waals surface area contributed by atoms with Gasteiger partial charge in [0.05, 0.1) is 0 Å². The highest BCUT2D eigenvalue weighted by Gasteiger charge is 2.53. The van der Waals surface area contributed by atoms with Crippen LogP contribution in [0.2, 0.25) is 0 Å². The largest absolute Gasteiger partial charge is 0.463 e. The molecule has 0 aromatic carbocycles. The van der Waals surface area contributed by atoms with Crippen molar-refractivity contribution >= 4 is 52.8 Å². The second-order valence-electron chi connectivity index (χ2n) is 7.68. The van der Waals surface area contributed by atoms with Gasteiger partial charge in [0.15, 0.2) is 40.9 Å². The molecule has 1 aliphatic heterocycles. The van der Waals surface area contributed by atoms with Crippen molar-refractivity contribution in [3.05, 3.63) is 10.4 Å². The van der Waals surface area contributed by atoms with Crippen LogP contribution in [-0.4, -0.2) is 80.7 Å². The molecule has 0 bridgehead atoms. The van der Waals surface area contributed by atoms with E-state index in [0.29, 0.717) is 0 Å². The van der Waals surface area contributed by atoms with Crippen LogP contribution in [0.5, 0.6) is 0 Å². The highest BCUT2D eigenvalue weighted by molar-refractivity contribution is 7.98. The molecule has 0 amide bonds. The number of anilines is 1. The first kappa shape index (κ1) is 26.9. The van der Waals surface area contributed by atoms with E-state index in [-0.39, 0.29) is 22.3 Å². The van der Waals surface area contributed by atoms with Crippen LogP contribution in [0.4, 0.5) is 5.95 Å². The first-order valence-corrected chi connectivity index (χ1v) is 11.8. The minimum Gasteiger partial charge on any atom is -0.463 e. The normalized spacial score (nSPS) is 23.6. The molecule has 3 heterocycles. The lowest BCUT2D eigenvalue weighted by atomic mass is 9.97. The molecule has 1 fully saturated rings. The van der Waals surface area contributed by atoms with Gasteiger partial charge in [0.1, 0.15) is 12.7 Å². The molecule has 1 saturated heterocycles. The number of H-pyrrole nitrogens is 1. The van der Waals surface area contributed by atoms with Gasteiger partial charge in [0, 0.05) is 27.7 Å². The Morgan fingerprint density at radius 2 is 1.56 bits per heavy atom. The number of nitrogens with one attached hydrogen (secondary N) is 1. The highest BCUT2D eigenvalue weighted by Crippen LogP contribution is 2.37. The van der Waals surface area contributed by atoms with E-state index in [1.165, 1.54) is 4.57 Å². The van der Waals surface area contributed by atoms with Gasteiger partial charge in [-0.3, -0.25) is 33.5 Å². The number of carbonyl (C=O) groups is 4. The van der Waals surface area contributed by atoms with Gasteiger partial charge in [0.2, 0.25) is 5.95 Å². The molecule has 1 aliphatic rings. The molecule has 0 aliphatic carbocycles. The molecule has 0 saturated carbocycles. The number of nitrogens with zero attached hydrogens (tertiary/aromatic N) is 3. The zero-order valence-corrected chi connectivity index (χ0v) is 20.8. The van der Waals surface area contributed by atoms with Crippen LogP contribution < -0.4 is 11.3 Å². The minimum atomic E-state index is -1.44. The van der Waals surface area contributed by atoms with Crippen molar-refractivity contribution in [3.8, 4) is 0 Å². The number of esters is 4. The molecule has 2 aromatic rings. The Kier molecular flexibility index (Phi) is 8.19. The van der Waals surface area contributed by atoms with Gasteiger partial charge in [-0.05, 0) is 6.26 Å². The number of thioether (sulfide) groups is 1. The number of aromatic amines is 1. The Morgan fingerprint density at radius 1 is 0.972 bits per heavy atom. The van der Waals surface area contributed by atoms with Crippen molar-refractivity contribution in [2.75, 3.05) is 18.6 Å². The third-order valence-electron chi connectivity index (χ3n) is 4.97. The van der Waals surface area contributed by atoms with Crippen LogP contribution in [0.1, 0.15) is 33.9 Å². The van der Waals surface area contributed by atoms with Gasteiger partial charge in [-0.25, -0.2) is 9.97 Å². The standard InChI is InChI=1S/C20H25N5O10S/c1-7(26)31-6-11-13(32-8(2)27)14(33-9(3)28)15(34-10(4)29)18(35-11)25-16-12(22-19(25)21)17(30)24-20(23-16)36-5/h11,13-15,18H,6H2,1-5H3,(H2,21,22)(H,23,24,30)/t11-,13-,14+,15-,18-/m1/s1. The van der Waals surface area contributed by atoms with Crippen molar-refractivity contribution in [1.29, 1.82) is 0 Å². The second kappa shape index (κ2) is 10.9. The Morgan fingerprint density at radius 3 is 2.11 bits per heavy atom. The van der Waals surface area contributed by atoms with Crippen molar-refractivity contribution in [2.24, 2.45) is 0 Å². The smallest absolute Gasteiger partial charge is 0.303 e. The molecule has 3 N–H and O–H groups in total. The number of imidazole rings is 1. The summed E-state index contributed by atoms with van der Waals surface area (Å²) in [6.45, 7) is 4.06. The molecule has 0 radical (unpaired) electrons. The van der Waals surface area contributed by atoms with Crippen LogP contribution in [0.15, 0.2) is 9.95 Å². The summed E-state index contributed by atoms with van der Waals surface area (Å²) in [4.78, 5) is 71.0. The summed E-state index contributed by atoms with van der Waals surface area (Å²) in [5, 5.41) is 0.235. The summed E-state index contributed by atoms with van der Waals surface area (Å²) in [6, 6.07) is 0. The number of nitrogen functional groups attached to an aromatic ring is 1. The topological polar surface area (TPSA) is 204 Å². The van der Waals surface area contributed by atoms with Crippen molar-refractivity contribution < 1.29 is 42.9 Å². The number of fused-ring (bicyclic) bond motifs is 1. The predicted octanol–water partition coefficient (Wildman–Crippen LogP) is -0.321. The van der Waals surface area contributed by atoms with Crippen LogP contribution in [-0.2, 0) is 42.9 Å². The summed E-state index contributed by atoms with van der Waals surface area (Å²) in [7, 11) is 0. The lowest BCUT2D eigenvalue weighted by Crippen LogP contribution is -2.60. The van der Waals surface area contributed by atoms with Gasteiger partial charge in [-0.1, -0.05) is 11.8 Å². The first-order chi connectivity index (χ1) is 16.9. The summed E-state index contributed by atoms with van der Waals surface area (Å²) in [6.07, 6.45) is -5.13. The summed E-state index contributed by atoms with van der Waals surface area (Å²) in [5.74, 6) is -3.23. The average Bonchev–Trinajstić information content (AvgIpc) is 3.10. The SMILES string of the molecule is CSc1nc2c(nc(N)n2[C@@H]2O[C@H](COC(C)=O)[C@@H](OC(C)=O)[C@H](OC(C)=O)[C@H]2OC(C)=O)c(=O)[nH]1. The van der Waals surface area contributed by atoms with Gasteiger partial charge in [0.25, 0.3) is 5.56 Å². The van der Waals surface area contributed by atoms with E-state index in [9.17, 15) is 24.0 Å². The summed E-state index contributed by atoms with van der Waals surface area (Å²) >= 11 is 1.14. The Balaban J connectivity index is 2.23. The molecule has 3 rings (SSSR count). The first-order valence-electron chi connectivity index (χ1n) is 10.5. The maximum atomic E-state index is 12.5. The number of hydrogen-bond donors (Lipinski definition) is 2. The molecular formula is C20H25N5O10S. The Labute approximate surface area is 207 Å². The molecular weight excluding hydrogens is 502 g/mol. The second-order valence-corrected chi connectivity index (χ2v) is 8.47. The quantitative estimate of drug-likeness (QED) is 0.205. The van der Waals surface area contributed by atoms with E-state index >= 15 is 0 Å². The number of nitrogens with two attached hydrogens (primary N) is 1. The van der Waals surface area contributed by atoms with E-state index < -0.39 is 66.7 Å². The monoisotopic (exact) mass is 527 g/mol. The van der Waals surface area contributed by atoms with Crippen molar-refractivity contribution in [2.45, 2.75) is 63.5 Å². The summed E-state index contributed by atoms with van der Waals surface area (Å²) < 4.78 is 28.6. The van der Waals surface area contributed by atoms with Crippen LogP contribution >= 0.6 is 11.8 Å². The van der Waals surface area contributed by atoms with Crippen LogP contribution in [0.3, 0.4) is 0 Å². The Hall–Kier alpha value is -3.66. The zero-order chi connectivity index (χ0) is 26.7. The number of aromatic nitrogens is 4. The van der Waals surface area contributed by atoms with E-state index in [1.54, 1.807) is 6.26 Å². The fraction of sp³-hybridized carbons (Fsp3) is 0.550.